The molecule has 3 fully saturated rings. The molecule has 0 aliphatic heterocycles. The minimum absolute atomic E-state index is 0.0598. The van der Waals surface area contributed by atoms with Gasteiger partial charge in [-0.3, -0.25) is 0 Å². The maximum atomic E-state index is 11.8. The summed E-state index contributed by atoms with van der Waals surface area (Å²) >= 11 is 0. The molecule has 4 aliphatic rings. The molecule has 3 saturated carbocycles. The number of ether oxygens (including phenoxy) is 1. The number of fused-ring (bicyclic) bond motifs is 5. The average molecular weight is 461 g/mol. The monoisotopic (exact) mass is 460 g/mol. The molecule has 4 heteroatoms. The van der Waals surface area contributed by atoms with Crippen molar-refractivity contribution in [1.29, 1.82) is 0 Å². The fraction of sp³-hybridized carbons (Fsp3) is 0.897. The van der Waals surface area contributed by atoms with E-state index < -0.39 is 5.60 Å². The number of hydrogen-bond acceptors (Lipinski definition) is 3. The largest absolute Gasteiger partial charge is 0.458 e. The molecular weight excluding hydrogens is 410 g/mol. The zero-order valence-electron chi connectivity index (χ0n) is 22.0. The fourth-order valence-corrected chi connectivity index (χ4v) is 9.01. The van der Waals surface area contributed by atoms with Gasteiger partial charge in [-0.15, -0.1) is 0 Å². The van der Waals surface area contributed by atoms with Crippen molar-refractivity contribution in [2.75, 3.05) is 6.54 Å². The molecule has 0 amide bonds. The molecule has 0 saturated heterocycles. The Labute approximate surface area is 202 Å². The van der Waals surface area contributed by atoms with E-state index >= 15 is 0 Å². The number of hydrogen-bond donors (Lipinski definition) is 2. The predicted molar refractivity (Wildman–Crippen MR) is 132 cm³/mol. The van der Waals surface area contributed by atoms with Gasteiger partial charge in [0.1, 0.15) is 6.10 Å². The van der Waals surface area contributed by atoms with Crippen molar-refractivity contribution in [2.45, 2.75) is 117 Å². The van der Waals surface area contributed by atoms with Gasteiger partial charge < -0.3 is 15.6 Å². The van der Waals surface area contributed by atoms with Gasteiger partial charge in [0.15, 0.2) is 6.54 Å². The maximum absolute atomic E-state index is 11.8. The smallest absolute Gasteiger partial charge is 0.361 e. The van der Waals surface area contributed by atoms with E-state index in [1.807, 2.05) is 13.8 Å². The molecule has 188 valence electrons. The lowest BCUT2D eigenvalue weighted by molar-refractivity contribution is -0.360. The van der Waals surface area contributed by atoms with Crippen LogP contribution in [0, 0.1) is 40.4 Å². The highest BCUT2D eigenvalue weighted by Gasteiger charge is 2.59. The minimum Gasteiger partial charge on any atom is -0.458 e. The first-order valence-electron chi connectivity index (χ1n) is 13.9. The van der Waals surface area contributed by atoms with Gasteiger partial charge in [0.2, 0.25) is 0 Å². The summed E-state index contributed by atoms with van der Waals surface area (Å²) in [4.78, 5) is 11.8. The Kier molecular flexibility index (Phi) is 7.11. The van der Waals surface area contributed by atoms with Gasteiger partial charge in [0.05, 0.1) is 5.60 Å². The highest BCUT2D eigenvalue weighted by atomic mass is 16.5. The first-order chi connectivity index (χ1) is 15.5. The van der Waals surface area contributed by atoms with E-state index in [2.05, 4.69) is 32.6 Å². The van der Waals surface area contributed by atoms with Crippen molar-refractivity contribution in [3.05, 3.63) is 11.6 Å². The van der Waals surface area contributed by atoms with E-state index in [1.165, 1.54) is 38.5 Å². The predicted octanol–water partition coefficient (Wildman–Crippen LogP) is 5.30. The molecule has 0 aromatic heterocycles. The van der Waals surface area contributed by atoms with Gasteiger partial charge in [-0.2, -0.15) is 0 Å². The van der Waals surface area contributed by atoms with E-state index in [9.17, 15) is 9.90 Å². The van der Waals surface area contributed by atoms with Gasteiger partial charge >= 0.3 is 5.97 Å². The van der Waals surface area contributed by atoms with Crippen LogP contribution in [0.1, 0.15) is 105 Å². The van der Waals surface area contributed by atoms with Crippen molar-refractivity contribution in [1.82, 2.24) is 0 Å². The number of allylic oxidation sites excluding steroid dienone is 1. The number of carbonyl (C=O) groups is 1. The minimum atomic E-state index is -0.535. The molecule has 0 unspecified atom stereocenters. The molecule has 4 nitrogen and oxygen atoms in total. The third-order valence-corrected chi connectivity index (χ3v) is 10.8. The highest BCUT2D eigenvalue weighted by molar-refractivity contribution is 5.70. The average Bonchev–Trinajstić information content (AvgIpc) is 3.10. The molecule has 0 aromatic rings. The topological polar surface area (TPSA) is 74.2 Å². The summed E-state index contributed by atoms with van der Waals surface area (Å²) in [6.07, 6.45) is 15.8. The first-order valence-corrected chi connectivity index (χ1v) is 13.9. The number of aliphatic hydroxyl groups is 1. The summed E-state index contributed by atoms with van der Waals surface area (Å²) in [6, 6.07) is 0. The van der Waals surface area contributed by atoms with Gasteiger partial charge in [-0.1, -0.05) is 45.3 Å². The molecule has 0 spiro atoms. The molecule has 0 heterocycles. The first kappa shape index (κ1) is 25.2. The van der Waals surface area contributed by atoms with Gasteiger partial charge in [0, 0.05) is 6.42 Å². The van der Waals surface area contributed by atoms with Gasteiger partial charge in [-0.05, 0) is 106 Å². The standard InChI is InChI=1S/C29H49NO3/c1-19(7-6-14-27(2,3)32)23-10-11-24-22-9-8-20-17-21(33-26(31)18-30)12-15-28(20,4)25(22)13-16-29(23,24)5/h8,19,21-25,32H,6-7,9-18,30H2,1-5H3/p+1/t19-,21+,22+,23-,24+,25+,28+,29-/m1/s1. The fourth-order valence-electron chi connectivity index (χ4n) is 9.01. The van der Waals surface area contributed by atoms with Gasteiger partial charge in [0.25, 0.3) is 0 Å². The molecule has 0 bridgehead atoms. The molecule has 8 atom stereocenters. The Morgan fingerprint density at radius 1 is 1.21 bits per heavy atom. The third kappa shape index (κ3) is 4.81. The summed E-state index contributed by atoms with van der Waals surface area (Å²) in [6.45, 7) is 11.8. The SMILES string of the molecule is C[C@H](CCCC(C)(C)O)[C@H]1CC[C@H]2[C@@H]3CC=C4C[C@@H](OC(=O)C[NH3+])CC[C@]4(C)[C@H]3CC[C@]12C. The maximum Gasteiger partial charge on any atom is 0.361 e. The van der Waals surface area contributed by atoms with Crippen LogP contribution in [-0.4, -0.2) is 29.3 Å². The second kappa shape index (κ2) is 9.30. The second-order valence-corrected chi connectivity index (χ2v) is 13.3. The van der Waals surface area contributed by atoms with E-state index in [-0.39, 0.29) is 18.6 Å². The van der Waals surface area contributed by atoms with Crippen LogP contribution >= 0.6 is 0 Å². The Morgan fingerprint density at radius 3 is 2.67 bits per heavy atom. The Bertz CT molecular complexity index is 754. The summed E-state index contributed by atoms with van der Waals surface area (Å²) in [5, 5.41) is 10.1. The van der Waals surface area contributed by atoms with Crippen LogP contribution in [0.15, 0.2) is 11.6 Å². The van der Waals surface area contributed by atoms with Crippen LogP contribution in [0.3, 0.4) is 0 Å². The van der Waals surface area contributed by atoms with Crippen molar-refractivity contribution in [3.8, 4) is 0 Å². The Morgan fingerprint density at radius 2 is 1.97 bits per heavy atom. The lowest BCUT2D eigenvalue weighted by Crippen LogP contribution is -2.55. The van der Waals surface area contributed by atoms with Crippen LogP contribution in [0.5, 0.6) is 0 Å². The normalized spacial score (nSPS) is 41.4. The van der Waals surface area contributed by atoms with Gasteiger partial charge in [-0.25, -0.2) is 4.79 Å². The van der Waals surface area contributed by atoms with Crippen LogP contribution in [-0.2, 0) is 9.53 Å². The molecular formula is C29H50NO3+. The van der Waals surface area contributed by atoms with Crippen molar-refractivity contribution in [2.24, 2.45) is 40.4 Å². The van der Waals surface area contributed by atoms with E-state index in [0.29, 0.717) is 10.8 Å². The Balaban J connectivity index is 1.44. The van der Waals surface area contributed by atoms with E-state index in [0.717, 1.165) is 61.7 Å². The van der Waals surface area contributed by atoms with Crippen LogP contribution < -0.4 is 5.73 Å². The zero-order chi connectivity index (χ0) is 24.0. The molecule has 33 heavy (non-hydrogen) atoms. The van der Waals surface area contributed by atoms with E-state index in [4.69, 9.17) is 4.74 Å². The quantitative estimate of drug-likeness (QED) is 0.400. The Hall–Kier alpha value is -0.870. The molecule has 4 aliphatic carbocycles. The van der Waals surface area contributed by atoms with Crippen LogP contribution in [0.2, 0.25) is 0 Å². The summed E-state index contributed by atoms with van der Waals surface area (Å²) in [5.41, 5.74) is 5.51. The van der Waals surface area contributed by atoms with E-state index in [1.54, 1.807) is 5.57 Å². The molecule has 4 N–H and O–H groups in total. The number of esters is 1. The zero-order valence-corrected chi connectivity index (χ0v) is 22.0. The highest BCUT2D eigenvalue weighted by Crippen LogP contribution is 2.67. The number of rotatable bonds is 7. The second-order valence-electron chi connectivity index (χ2n) is 13.3. The molecule has 0 radical (unpaired) electrons. The summed E-state index contributed by atoms with van der Waals surface area (Å²) < 4.78 is 5.69. The van der Waals surface area contributed by atoms with Crippen molar-refractivity contribution >= 4 is 5.97 Å². The lowest BCUT2D eigenvalue weighted by atomic mass is 9.47. The summed E-state index contributed by atoms with van der Waals surface area (Å²) in [7, 11) is 0. The molecule has 0 aromatic carbocycles. The molecule has 4 rings (SSSR count). The summed E-state index contributed by atoms with van der Waals surface area (Å²) in [5.74, 6) is 3.91. The number of carbonyl (C=O) groups excluding carboxylic acids is 1. The lowest BCUT2D eigenvalue weighted by Gasteiger charge is -2.58. The van der Waals surface area contributed by atoms with Crippen molar-refractivity contribution < 1.29 is 20.4 Å². The van der Waals surface area contributed by atoms with Crippen molar-refractivity contribution in [3.63, 3.8) is 0 Å². The third-order valence-electron chi connectivity index (χ3n) is 10.8. The van der Waals surface area contributed by atoms with Crippen LogP contribution in [0.25, 0.3) is 0 Å². The van der Waals surface area contributed by atoms with Crippen LogP contribution in [0.4, 0.5) is 0 Å². The number of quaternary nitrogens is 1.